The maximum atomic E-state index is 13.9. The molecule has 1 aliphatic carbocycles. The van der Waals surface area contributed by atoms with Gasteiger partial charge in [-0.2, -0.15) is 4.98 Å². The number of benzene rings is 1. The average molecular weight is 363 g/mol. The lowest BCUT2D eigenvalue weighted by Gasteiger charge is -2.15. The van der Waals surface area contributed by atoms with Crippen molar-refractivity contribution in [1.29, 1.82) is 0 Å². The van der Waals surface area contributed by atoms with Crippen LogP contribution in [-0.2, 0) is 0 Å². The molecule has 6 heteroatoms. The lowest BCUT2D eigenvalue weighted by Crippen LogP contribution is -2.17. The summed E-state index contributed by atoms with van der Waals surface area (Å²) in [6, 6.07) is 12.9. The quantitative estimate of drug-likeness (QED) is 0.661. The van der Waals surface area contributed by atoms with Gasteiger partial charge in [-0.1, -0.05) is 25.0 Å². The van der Waals surface area contributed by atoms with E-state index in [4.69, 9.17) is 0 Å². The van der Waals surface area contributed by atoms with Crippen LogP contribution in [0, 0.1) is 12.7 Å². The largest absolute Gasteiger partial charge is 0.351 e. The summed E-state index contributed by atoms with van der Waals surface area (Å²) in [4.78, 5) is 13.7. The van der Waals surface area contributed by atoms with Gasteiger partial charge in [0.15, 0.2) is 0 Å². The van der Waals surface area contributed by atoms with Gasteiger partial charge in [-0.25, -0.2) is 9.37 Å². The fraction of sp³-hybridized carbons (Fsp3) is 0.286. The average Bonchev–Trinajstić information content (AvgIpc) is 3.19. The molecule has 138 valence electrons. The number of nitrogens with zero attached hydrogens (tertiary/aromatic N) is 3. The number of pyridine rings is 1. The Balaban J connectivity index is 1.69. The van der Waals surface area contributed by atoms with Gasteiger partial charge in [0.25, 0.3) is 0 Å². The Morgan fingerprint density at radius 2 is 1.85 bits per heavy atom. The van der Waals surface area contributed by atoms with Crippen molar-refractivity contribution in [2.24, 2.45) is 0 Å². The molecule has 3 aromatic rings. The summed E-state index contributed by atoms with van der Waals surface area (Å²) in [7, 11) is 0. The number of hydrogen-bond donors (Lipinski definition) is 2. The molecule has 0 amide bonds. The van der Waals surface area contributed by atoms with Crippen LogP contribution in [-0.4, -0.2) is 21.0 Å². The van der Waals surface area contributed by atoms with Gasteiger partial charge in [-0.05, 0) is 44.0 Å². The third kappa shape index (κ3) is 4.05. The van der Waals surface area contributed by atoms with E-state index in [1.54, 1.807) is 19.2 Å². The third-order valence-corrected chi connectivity index (χ3v) is 4.87. The van der Waals surface area contributed by atoms with Gasteiger partial charge >= 0.3 is 0 Å². The van der Waals surface area contributed by atoms with Gasteiger partial charge in [0, 0.05) is 29.6 Å². The van der Waals surface area contributed by atoms with Crippen LogP contribution in [0.25, 0.3) is 11.4 Å². The van der Waals surface area contributed by atoms with Gasteiger partial charge in [0.2, 0.25) is 5.95 Å². The Bertz CT molecular complexity index is 923. The second kappa shape index (κ2) is 7.70. The highest BCUT2D eigenvalue weighted by Crippen LogP contribution is 2.27. The van der Waals surface area contributed by atoms with Gasteiger partial charge in [-0.15, -0.1) is 0 Å². The molecule has 0 saturated heterocycles. The summed E-state index contributed by atoms with van der Waals surface area (Å²) < 4.78 is 13.9. The first kappa shape index (κ1) is 17.4. The van der Waals surface area contributed by atoms with Crippen LogP contribution in [0.5, 0.6) is 0 Å². The molecule has 1 fully saturated rings. The first-order chi connectivity index (χ1) is 13.2. The van der Waals surface area contributed by atoms with Crippen molar-refractivity contribution < 1.29 is 4.39 Å². The minimum Gasteiger partial charge on any atom is -0.351 e. The van der Waals surface area contributed by atoms with Gasteiger partial charge in [-0.3, -0.25) is 4.98 Å². The summed E-state index contributed by atoms with van der Waals surface area (Å²) in [5, 5.41) is 6.67. The van der Waals surface area contributed by atoms with Crippen molar-refractivity contribution in [1.82, 2.24) is 15.0 Å². The van der Waals surface area contributed by atoms with E-state index in [9.17, 15) is 4.39 Å². The molecule has 0 bridgehead atoms. The third-order valence-electron chi connectivity index (χ3n) is 4.87. The molecular formula is C21H22FN5. The van der Waals surface area contributed by atoms with Gasteiger partial charge in [0.05, 0.1) is 11.4 Å². The smallest absolute Gasteiger partial charge is 0.225 e. The Labute approximate surface area is 158 Å². The van der Waals surface area contributed by atoms with E-state index in [1.807, 2.05) is 30.3 Å². The normalized spacial score (nSPS) is 14.3. The van der Waals surface area contributed by atoms with Gasteiger partial charge < -0.3 is 10.6 Å². The van der Waals surface area contributed by atoms with Crippen LogP contribution in [0.1, 0.15) is 31.2 Å². The summed E-state index contributed by atoms with van der Waals surface area (Å²) in [5.74, 6) is 0.935. The molecule has 1 aromatic carbocycles. The molecule has 0 aliphatic heterocycles. The molecule has 1 saturated carbocycles. The molecule has 0 spiro atoms. The van der Waals surface area contributed by atoms with E-state index in [1.165, 1.54) is 18.9 Å². The molecule has 2 aromatic heterocycles. The van der Waals surface area contributed by atoms with Crippen molar-refractivity contribution in [2.45, 2.75) is 38.6 Å². The van der Waals surface area contributed by atoms with Crippen LogP contribution in [0.4, 0.5) is 21.8 Å². The predicted molar refractivity (Wildman–Crippen MR) is 106 cm³/mol. The summed E-state index contributed by atoms with van der Waals surface area (Å²) in [5.41, 5.74) is 2.74. The van der Waals surface area contributed by atoms with Crippen LogP contribution < -0.4 is 10.6 Å². The van der Waals surface area contributed by atoms with Crippen molar-refractivity contribution in [2.75, 3.05) is 10.6 Å². The highest BCUT2D eigenvalue weighted by atomic mass is 19.1. The first-order valence-corrected chi connectivity index (χ1v) is 9.28. The SMILES string of the molecule is Cc1c(F)cccc1Nc1cc(-c2ccccn2)nc(NC2CCCC2)n1. The highest BCUT2D eigenvalue weighted by molar-refractivity contribution is 5.66. The van der Waals surface area contributed by atoms with Crippen molar-refractivity contribution >= 4 is 17.5 Å². The van der Waals surface area contributed by atoms with E-state index >= 15 is 0 Å². The molecule has 4 rings (SSSR count). The first-order valence-electron chi connectivity index (χ1n) is 9.28. The lowest BCUT2D eigenvalue weighted by atomic mass is 10.2. The highest BCUT2D eigenvalue weighted by Gasteiger charge is 2.17. The van der Waals surface area contributed by atoms with E-state index in [-0.39, 0.29) is 5.82 Å². The summed E-state index contributed by atoms with van der Waals surface area (Å²) in [6.07, 6.45) is 6.45. The zero-order chi connectivity index (χ0) is 18.6. The van der Waals surface area contributed by atoms with Crippen molar-refractivity contribution in [3.05, 3.63) is 60.0 Å². The molecule has 1 aliphatic rings. The van der Waals surface area contributed by atoms with Crippen LogP contribution in [0.2, 0.25) is 0 Å². The van der Waals surface area contributed by atoms with Crippen molar-refractivity contribution in [3.8, 4) is 11.4 Å². The minimum atomic E-state index is -0.247. The fourth-order valence-electron chi connectivity index (χ4n) is 3.35. The van der Waals surface area contributed by atoms with Crippen molar-refractivity contribution in [3.63, 3.8) is 0 Å². The van der Waals surface area contributed by atoms with Crippen LogP contribution in [0.3, 0.4) is 0 Å². The fourth-order valence-corrected chi connectivity index (χ4v) is 3.35. The van der Waals surface area contributed by atoms with Crippen LogP contribution >= 0.6 is 0 Å². The lowest BCUT2D eigenvalue weighted by molar-refractivity contribution is 0.619. The standard InChI is InChI=1S/C21H22FN5/c1-14-16(22)9-6-11-17(14)25-20-13-19(18-10-4-5-12-23-18)26-21(27-20)24-15-7-2-3-8-15/h4-6,9-13,15H,2-3,7-8H2,1H3,(H2,24,25,26,27). The number of nitrogens with one attached hydrogen (secondary N) is 2. The summed E-state index contributed by atoms with van der Waals surface area (Å²) in [6.45, 7) is 1.75. The second-order valence-electron chi connectivity index (χ2n) is 6.84. The number of aromatic nitrogens is 3. The van der Waals surface area contributed by atoms with E-state index in [0.717, 1.165) is 24.2 Å². The molecule has 2 N–H and O–H groups in total. The molecule has 0 radical (unpaired) electrons. The Morgan fingerprint density at radius 3 is 2.63 bits per heavy atom. The number of hydrogen-bond acceptors (Lipinski definition) is 5. The predicted octanol–water partition coefficient (Wildman–Crippen LogP) is 5.08. The maximum Gasteiger partial charge on any atom is 0.225 e. The van der Waals surface area contributed by atoms with E-state index < -0.39 is 0 Å². The molecule has 5 nitrogen and oxygen atoms in total. The monoisotopic (exact) mass is 363 g/mol. The molecular weight excluding hydrogens is 341 g/mol. The zero-order valence-electron chi connectivity index (χ0n) is 15.2. The Morgan fingerprint density at radius 1 is 1.00 bits per heavy atom. The molecule has 0 unspecified atom stereocenters. The molecule has 2 heterocycles. The Kier molecular flexibility index (Phi) is 4.96. The van der Waals surface area contributed by atoms with Gasteiger partial charge in [0.1, 0.15) is 11.6 Å². The van der Waals surface area contributed by atoms with Crippen LogP contribution in [0.15, 0.2) is 48.7 Å². The maximum absolute atomic E-state index is 13.9. The number of halogens is 1. The zero-order valence-corrected chi connectivity index (χ0v) is 15.2. The second-order valence-corrected chi connectivity index (χ2v) is 6.84. The molecule has 0 atom stereocenters. The minimum absolute atomic E-state index is 0.247. The number of anilines is 3. The topological polar surface area (TPSA) is 62.7 Å². The summed E-state index contributed by atoms with van der Waals surface area (Å²) >= 11 is 0. The van der Waals surface area contributed by atoms with E-state index in [0.29, 0.717) is 29.1 Å². The van der Waals surface area contributed by atoms with E-state index in [2.05, 4.69) is 25.6 Å². The number of rotatable bonds is 5. The Hall–Kier alpha value is -3.02. The molecule has 27 heavy (non-hydrogen) atoms.